The molecule has 5 heteroatoms. The van der Waals surface area contributed by atoms with Gasteiger partial charge in [0.1, 0.15) is 18.2 Å². The number of nitrogens with zero attached hydrogens (tertiary/aromatic N) is 2. The van der Waals surface area contributed by atoms with Crippen LogP contribution in [0.1, 0.15) is 29.3 Å². The first kappa shape index (κ1) is 22.3. The number of hydrogen-bond acceptors (Lipinski definition) is 3. The molecule has 168 valence electrons. The molecule has 0 fully saturated rings. The Balaban J connectivity index is 1.68. The predicted octanol–water partition coefficient (Wildman–Crippen LogP) is 6.85. The number of hydrogen-bond donors (Lipinski definition) is 0. The fraction of sp³-hybridized carbons (Fsp3) is 0.179. The Morgan fingerprint density at radius 1 is 0.939 bits per heavy atom. The predicted molar refractivity (Wildman–Crippen MR) is 131 cm³/mol. The lowest BCUT2D eigenvalue weighted by Crippen LogP contribution is -2.03. The Morgan fingerprint density at radius 2 is 1.67 bits per heavy atom. The second kappa shape index (κ2) is 9.74. The number of halogens is 1. The molecule has 3 aromatic carbocycles. The van der Waals surface area contributed by atoms with Gasteiger partial charge in [0.05, 0.1) is 18.5 Å². The van der Waals surface area contributed by atoms with Crippen molar-refractivity contribution < 1.29 is 14.0 Å². The summed E-state index contributed by atoms with van der Waals surface area (Å²) in [5.74, 6) is 0.550. The quantitative estimate of drug-likeness (QED) is 0.232. The minimum absolute atomic E-state index is 0.256. The fourth-order valence-corrected chi connectivity index (χ4v) is 3.88. The van der Waals surface area contributed by atoms with E-state index in [2.05, 4.69) is 47.8 Å². The molecule has 0 aliphatic rings. The average Bonchev–Trinajstić information content (AvgIpc) is 3.17. The van der Waals surface area contributed by atoms with Crippen LogP contribution in [0.4, 0.5) is 4.39 Å². The molecule has 4 aromatic rings. The van der Waals surface area contributed by atoms with E-state index in [1.165, 1.54) is 17.7 Å². The van der Waals surface area contributed by atoms with Gasteiger partial charge in [0.2, 0.25) is 0 Å². The summed E-state index contributed by atoms with van der Waals surface area (Å²) in [4.78, 5) is 5.65. The van der Waals surface area contributed by atoms with Crippen LogP contribution in [-0.2, 0) is 11.4 Å². The summed E-state index contributed by atoms with van der Waals surface area (Å²) in [7, 11) is 1.64. The van der Waals surface area contributed by atoms with Crippen LogP contribution in [-0.4, -0.2) is 17.4 Å². The average molecular weight is 443 g/mol. The van der Waals surface area contributed by atoms with Gasteiger partial charge in [-0.05, 0) is 92.1 Å². The lowest BCUT2D eigenvalue weighted by molar-refractivity contribution is 0.130. The minimum Gasteiger partial charge on any atom is -0.497 e. The van der Waals surface area contributed by atoms with Crippen LogP contribution < -0.4 is 4.74 Å². The molecule has 0 saturated carbocycles. The molecule has 1 heterocycles. The Labute approximate surface area is 193 Å². The molecule has 4 nitrogen and oxygen atoms in total. The fourth-order valence-electron chi connectivity index (χ4n) is 3.88. The van der Waals surface area contributed by atoms with E-state index >= 15 is 0 Å². The minimum atomic E-state index is -0.256. The Bertz CT molecular complexity index is 1270. The first-order valence-corrected chi connectivity index (χ1v) is 10.8. The lowest BCUT2D eigenvalue weighted by atomic mass is 10.1. The number of rotatable bonds is 7. The van der Waals surface area contributed by atoms with E-state index < -0.39 is 0 Å². The number of ether oxygens (including phenoxy) is 1. The molecule has 0 spiro atoms. The Kier molecular flexibility index (Phi) is 6.59. The molecule has 0 radical (unpaired) electrons. The second-order valence-electron chi connectivity index (χ2n) is 8.01. The van der Waals surface area contributed by atoms with Crippen LogP contribution in [0.5, 0.6) is 5.75 Å². The SMILES string of the molecule is COc1ccc(CO/N=C(/C)c2cc(-c3ccc(F)cc3)n(-c3cccc(C)c3)c2C)cc1. The molecule has 0 saturated heterocycles. The molecule has 0 aliphatic carbocycles. The summed E-state index contributed by atoms with van der Waals surface area (Å²) < 4.78 is 20.9. The second-order valence-corrected chi connectivity index (χ2v) is 8.01. The maximum Gasteiger partial charge on any atom is 0.142 e. The van der Waals surface area contributed by atoms with Gasteiger partial charge < -0.3 is 14.1 Å². The molecule has 4 rings (SSSR count). The summed E-state index contributed by atoms with van der Waals surface area (Å²) in [5.41, 5.74) is 7.91. The highest BCUT2D eigenvalue weighted by Crippen LogP contribution is 2.30. The molecule has 1 aromatic heterocycles. The van der Waals surface area contributed by atoms with Gasteiger partial charge in [0, 0.05) is 16.9 Å². The molecule has 0 atom stereocenters. The van der Waals surface area contributed by atoms with Crippen LogP contribution >= 0.6 is 0 Å². The molecule has 0 amide bonds. The highest BCUT2D eigenvalue weighted by atomic mass is 19.1. The van der Waals surface area contributed by atoms with Crippen molar-refractivity contribution in [3.63, 3.8) is 0 Å². The monoisotopic (exact) mass is 442 g/mol. The zero-order chi connectivity index (χ0) is 23.4. The van der Waals surface area contributed by atoms with Crippen molar-refractivity contribution in [1.29, 1.82) is 0 Å². The van der Waals surface area contributed by atoms with E-state index in [1.807, 2.05) is 37.3 Å². The highest BCUT2D eigenvalue weighted by Gasteiger charge is 2.17. The van der Waals surface area contributed by atoms with Crippen molar-refractivity contribution >= 4 is 5.71 Å². The van der Waals surface area contributed by atoms with Gasteiger partial charge >= 0.3 is 0 Å². The van der Waals surface area contributed by atoms with Crippen LogP contribution in [0.3, 0.4) is 0 Å². The zero-order valence-corrected chi connectivity index (χ0v) is 19.3. The smallest absolute Gasteiger partial charge is 0.142 e. The molecular weight excluding hydrogens is 415 g/mol. The van der Waals surface area contributed by atoms with Crippen molar-refractivity contribution in [2.75, 3.05) is 7.11 Å². The third-order valence-electron chi connectivity index (χ3n) is 5.63. The van der Waals surface area contributed by atoms with Gasteiger partial charge in [-0.15, -0.1) is 0 Å². The number of aromatic nitrogens is 1. The number of methoxy groups -OCH3 is 1. The number of benzene rings is 3. The van der Waals surface area contributed by atoms with E-state index in [9.17, 15) is 4.39 Å². The Morgan fingerprint density at radius 3 is 2.33 bits per heavy atom. The molecule has 33 heavy (non-hydrogen) atoms. The summed E-state index contributed by atoms with van der Waals surface area (Å²) in [6.07, 6.45) is 0. The first-order valence-electron chi connectivity index (χ1n) is 10.8. The maximum atomic E-state index is 13.6. The Hall–Kier alpha value is -3.86. The summed E-state index contributed by atoms with van der Waals surface area (Å²) in [6, 6.07) is 24.7. The zero-order valence-electron chi connectivity index (χ0n) is 19.3. The van der Waals surface area contributed by atoms with Gasteiger partial charge in [-0.3, -0.25) is 0 Å². The van der Waals surface area contributed by atoms with Gasteiger partial charge in [-0.1, -0.05) is 29.4 Å². The third kappa shape index (κ3) is 4.98. The van der Waals surface area contributed by atoms with Crippen LogP contribution in [0.25, 0.3) is 16.9 Å². The molecule has 0 bridgehead atoms. The summed E-state index contributed by atoms with van der Waals surface area (Å²) >= 11 is 0. The van der Waals surface area contributed by atoms with Gasteiger partial charge in [-0.25, -0.2) is 4.39 Å². The van der Waals surface area contributed by atoms with Crippen molar-refractivity contribution in [1.82, 2.24) is 4.57 Å². The van der Waals surface area contributed by atoms with Crippen LogP contribution in [0, 0.1) is 19.7 Å². The number of aryl methyl sites for hydroxylation is 1. The van der Waals surface area contributed by atoms with Crippen molar-refractivity contribution in [3.05, 3.63) is 107 Å². The van der Waals surface area contributed by atoms with Gasteiger partial charge in [-0.2, -0.15) is 0 Å². The van der Waals surface area contributed by atoms with Gasteiger partial charge in [0.25, 0.3) is 0 Å². The van der Waals surface area contributed by atoms with Crippen molar-refractivity contribution in [2.45, 2.75) is 27.4 Å². The molecule has 0 aliphatic heterocycles. The standard InChI is InChI=1S/C28H27FN2O2/c1-19-6-5-7-25(16-19)31-21(3)27(17-28(31)23-10-12-24(29)13-11-23)20(2)30-33-18-22-8-14-26(32-4)15-9-22/h5-17H,18H2,1-4H3/b30-20-. The third-order valence-corrected chi connectivity index (χ3v) is 5.63. The van der Waals surface area contributed by atoms with E-state index in [1.54, 1.807) is 19.2 Å². The maximum absolute atomic E-state index is 13.6. The van der Waals surface area contributed by atoms with E-state index in [4.69, 9.17) is 9.57 Å². The molecule has 0 unspecified atom stereocenters. The first-order chi connectivity index (χ1) is 16.0. The molecular formula is C28H27FN2O2. The lowest BCUT2D eigenvalue weighted by Gasteiger charge is -2.13. The van der Waals surface area contributed by atoms with Crippen molar-refractivity contribution in [3.8, 4) is 22.7 Å². The highest BCUT2D eigenvalue weighted by molar-refractivity contribution is 6.01. The summed E-state index contributed by atoms with van der Waals surface area (Å²) in [5, 5.41) is 4.38. The van der Waals surface area contributed by atoms with Crippen molar-refractivity contribution in [2.24, 2.45) is 5.16 Å². The number of oxime groups is 1. The summed E-state index contributed by atoms with van der Waals surface area (Å²) in [6.45, 7) is 6.43. The van der Waals surface area contributed by atoms with Crippen LogP contribution in [0.15, 0.2) is 84.0 Å². The van der Waals surface area contributed by atoms with Gasteiger partial charge in [0.15, 0.2) is 0 Å². The topological polar surface area (TPSA) is 35.8 Å². The van der Waals surface area contributed by atoms with E-state index in [0.717, 1.165) is 45.2 Å². The normalized spacial score (nSPS) is 11.5. The van der Waals surface area contributed by atoms with E-state index in [-0.39, 0.29) is 5.82 Å². The van der Waals surface area contributed by atoms with E-state index in [0.29, 0.717) is 6.61 Å². The van der Waals surface area contributed by atoms with Crippen LogP contribution in [0.2, 0.25) is 0 Å². The molecule has 0 N–H and O–H groups in total. The largest absolute Gasteiger partial charge is 0.497 e.